The predicted octanol–water partition coefficient (Wildman–Crippen LogP) is 0.259. The summed E-state index contributed by atoms with van der Waals surface area (Å²) in [7, 11) is 0. The van der Waals surface area contributed by atoms with Crippen LogP contribution in [0.25, 0.3) is 0 Å². The predicted molar refractivity (Wildman–Crippen MR) is 64.6 cm³/mol. The van der Waals surface area contributed by atoms with Gasteiger partial charge in [0.2, 0.25) is 0 Å². The highest BCUT2D eigenvalue weighted by molar-refractivity contribution is 4.80. The van der Waals surface area contributed by atoms with Crippen molar-refractivity contribution in [1.29, 1.82) is 0 Å². The normalized spacial score (nSPS) is 23.8. The van der Waals surface area contributed by atoms with E-state index in [1.54, 1.807) is 10.9 Å². The highest BCUT2D eigenvalue weighted by atomic mass is 16.5. The lowest BCUT2D eigenvalue weighted by Gasteiger charge is -2.21. The number of aliphatic hydroxyl groups is 1. The second-order valence-electron chi connectivity index (χ2n) is 4.70. The summed E-state index contributed by atoms with van der Waals surface area (Å²) in [6.45, 7) is 4.99. The van der Waals surface area contributed by atoms with Crippen molar-refractivity contribution in [3.63, 3.8) is 0 Å². The average Bonchev–Trinajstić information content (AvgIpc) is 2.97. The summed E-state index contributed by atoms with van der Waals surface area (Å²) in [6.07, 6.45) is 4.29. The Bertz CT molecular complexity index is 310. The summed E-state index contributed by atoms with van der Waals surface area (Å²) >= 11 is 0. The Labute approximate surface area is 102 Å². The second kappa shape index (κ2) is 6.14. The molecule has 1 saturated heterocycles. The van der Waals surface area contributed by atoms with Crippen molar-refractivity contribution in [2.24, 2.45) is 5.92 Å². The van der Waals surface area contributed by atoms with E-state index in [0.717, 1.165) is 19.6 Å². The van der Waals surface area contributed by atoms with Gasteiger partial charge in [-0.15, -0.1) is 0 Å². The van der Waals surface area contributed by atoms with E-state index in [-0.39, 0.29) is 0 Å². The molecule has 1 aromatic rings. The third kappa shape index (κ3) is 3.80. The molecule has 5 heteroatoms. The Morgan fingerprint density at radius 3 is 3.18 bits per heavy atom. The molecular weight excluding hydrogens is 218 g/mol. The van der Waals surface area contributed by atoms with Gasteiger partial charge in [0, 0.05) is 31.6 Å². The number of hydrogen-bond donors (Lipinski definition) is 2. The number of hydrogen-bond acceptors (Lipinski definition) is 4. The van der Waals surface area contributed by atoms with Gasteiger partial charge in [-0.3, -0.25) is 4.68 Å². The summed E-state index contributed by atoms with van der Waals surface area (Å²) in [5, 5.41) is 17.3. The lowest BCUT2D eigenvalue weighted by Crippen LogP contribution is -2.40. The van der Waals surface area contributed by atoms with Crippen LogP contribution in [0, 0.1) is 5.92 Å². The van der Waals surface area contributed by atoms with Gasteiger partial charge in [-0.25, -0.2) is 0 Å². The van der Waals surface area contributed by atoms with Crippen LogP contribution < -0.4 is 5.32 Å². The zero-order valence-electron chi connectivity index (χ0n) is 10.2. The van der Waals surface area contributed by atoms with Crippen LogP contribution in [-0.4, -0.2) is 46.8 Å². The van der Waals surface area contributed by atoms with Crippen molar-refractivity contribution >= 4 is 0 Å². The second-order valence-corrected chi connectivity index (χ2v) is 4.70. The zero-order chi connectivity index (χ0) is 12.1. The molecular formula is C12H21N3O2. The molecule has 2 N–H and O–H groups in total. The first-order chi connectivity index (χ1) is 8.25. The molecule has 1 aliphatic heterocycles. The molecule has 0 saturated carbocycles. The largest absolute Gasteiger partial charge is 0.390 e. The molecule has 3 unspecified atom stereocenters. The van der Waals surface area contributed by atoms with Crippen LogP contribution in [0.5, 0.6) is 0 Å². The van der Waals surface area contributed by atoms with Crippen LogP contribution in [0.1, 0.15) is 13.3 Å². The molecule has 0 spiro atoms. The van der Waals surface area contributed by atoms with E-state index in [0.29, 0.717) is 25.0 Å². The van der Waals surface area contributed by atoms with Crippen LogP contribution in [0.3, 0.4) is 0 Å². The number of rotatable bonds is 6. The molecule has 0 aromatic carbocycles. The molecule has 5 nitrogen and oxygen atoms in total. The summed E-state index contributed by atoms with van der Waals surface area (Å²) in [6, 6.07) is 2.25. The van der Waals surface area contributed by atoms with Gasteiger partial charge < -0.3 is 15.2 Å². The van der Waals surface area contributed by atoms with E-state index in [2.05, 4.69) is 17.3 Å². The fourth-order valence-electron chi connectivity index (χ4n) is 2.12. The molecule has 1 fully saturated rings. The topological polar surface area (TPSA) is 59.3 Å². The maximum atomic E-state index is 9.86. The Morgan fingerprint density at radius 1 is 1.65 bits per heavy atom. The van der Waals surface area contributed by atoms with E-state index in [9.17, 15) is 5.11 Å². The standard InChI is InChI=1S/C12H21N3O2/c1-10(11-3-6-17-9-11)13-7-12(16)8-15-5-2-4-14-15/h2,4-5,10-13,16H,3,6-9H2,1H3. The summed E-state index contributed by atoms with van der Waals surface area (Å²) in [5.41, 5.74) is 0. The van der Waals surface area contributed by atoms with Crippen LogP contribution >= 0.6 is 0 Å². The lowest BCUT2D eigenvalue weighted by atomic mass is 10.0. The van der Waals surface area contributed by atoms with E-state index in [4.69, 9.17) is 4.74 Å². The van der Waals surface area contributed by atoms with Gasteiger partial charge in [0.05, 0.1) is 19.3 Å². The molecule has 1 aromatic heterocycles. The molecule has 2 rings (SSSR count). The Morgan fingerprint density at radius 2 is 2.53 bits per heavy atom. The van der Waals surface area contributed by atoms with Crippen molar-refractivity contribution < 1.29 is 9.84 Å². The van der Waals surface area contributed by atoms with E-state index < -0.39 is 6.10 Å². The highest BCUT2D eigenvalue weighted by Gasteiger charge is 2.22. The van der Waals surface area contributed by atoms with Crippen molar-refractivity contribution in [3.05, 3.63) is 18.5 Å². The first-order valence-electron chi connectivity index (χ1n) is 6.22. The van der Waals surface area contributed by atoms with Crippen molar-refractivity contribution in [3.8, 4) is 0 Å². The molecule has 0 aliphatic carbocycles. The number of aliphatic hydroxyl groups excluding tert-OH is 1. The quantitative estimate of drug-likeness (QED) is 0.747. The Balaban J connectivity index is 1.66. The van der Waals surface area contributed by atoms with Crippen molar-refractivity contribution in [1.82, 2.24) is 15.1 Å². The molecule has 0 amide bonds. The van der Waals surface area contributed by atoms with Crippen LogP contribution in [0.4, 0.5) is 0 Å². The van der Waals surface area contributed by atoms with Crippen molar-refractivity contribution in [2.75, 3.05) is 19.8 Å². The van der Waals surface area contributed by atoms with Gasteiger partial charge >= 0.3 is 0 Å². The minimum absolute atomic E-state index is 0.393. The zero-order valence-corrected chi connectivity index (χ0v) is 10.2. The maximum absolute atomic E-state index is 9.86. The number of aromatic nitrogens is 2. The minimum atomic E-state index is -0.403. The van der Waals surface area contributed by atoms with E-state index in [1.807, 2.05) is 12.3 Å². The van der Waals surface area contributed by atoms with Crippen LogP contribution in [-0.2, 0) is 11.3 Å². The summed E-state index contributed by atoms with van der Waals surface area (Å²) in [4.78, 5) is 0. The first kappa shape index (κ1) is 12.5. The van der Waals surface area contributed by atoms with Gasteiger partial charge in [0.15, 0.2) is 0 Å². The number of ether oxygens (including phenoxy) is 1. The van der Waals surface area contributed by atoms with Gasteiger partial charge in [-0.05, 0) is 25.3 Å². The number of nitrogens with zero attached hydrogens (tertiary/aromatic N) is 2. The monoisotopic (exact) mass is 239 g/mol. The molecule has 17 heavy (non-hydrogen) atoms. The third-order valence-electron chi connectivity index (χ3n) is 3.30. The summed E-state index contributed by atoms with van der Waals surface area (Å²) < 4.78 is 7.10. The molecule has 96 valence electrons. The smallest absolute Gasteiger partial charge is 0.0860 e. The summed E-state index contributed by atoms with van der Waals surface area (Å²) in [5.74, 6) is 0.576. The highest BCUT2D eigenvalue weighted by Crippen LogP contribution is 2.16. The van der Waals surface area contributed by atoms with Crippen LogP contribution in [0.15, 0.2) is 18.5 Å². The fraction of sp³-hybridized carbons (Fsp3) is 0.750. The SMILES string of the molecule is CC(NCC(O)Cn1cccn1)C1CCOC1. The lowest BCUT2D eigenvalue weighted by molar-refractivity contribution is 0.136. The van der Waals surface area contributed by atoms with E-state index in [1.165, 1.54) is 0 Å². The maximum Gasteiger partial charge on any atom is 0.0860 e. The van der Waals surface area contributed by atoms with Gasteiger partial charge in [0.25, 0.3) is 0 Å². The Kier molecular flexibility index (Phi) is 4.53. The third-order valence-corrected chi connectivity index (χ3v) is 3.30. The van der Waals surface area contributed by atoms with Gasteiger partial charge in [0.1, 0.15) is 0 Å². The van der Waals surface area contributed by atoms with Gasteiger partial charge in [-0.1, -0.05) is 0 Å². The molecule has 3 atom stereocenters. The van der Waals surface area contributed by atoms with Crippen molar-refractivity contribution in [2.45, 2.75) is 32.0 Å². The molecule has 0 bridgehead atoms. The van der Waals surface area contributed by atoms with Gasteiger partial charge in [-0.2, -0.15) is 5.10 Å². The van der Waals surface area contributed by atoms with Crippen LogP contribution in [0.2, 0.25) is 0 Å². The molecule has 2 heterocycles. The fourth-order valence-corrected chi connectivity index (χ4v) is 2.12. The van der Waals surface area contributed by atoms with E-state index >= 15 is 0 Å². The first-order valence-corrected chi connectivity index (χ1v) is 6.22. The Hall–Kier alpha value is -0.910. The molecule has 1 aliphatic rings. The average molecular weight is 239 g/mol. The minimum Gasteiger partial charge on any atom is -0.390 e. The molecule has 0 radical (unpaired) electrons. The number of nitrogens with one attached hydrogen (secondary N) is 1.